The van der Waals surface area contributed by atoms with E-state index < -0.39 is 0 Å². The Balaban J connectivity index is 1.73. The predicted molar refractivity (Wildman–Crippen MR) is 124 cm³/mol. The first-order chi connectivity index (χ1) is 14.8. The molecule has 4 aromatic carbocycles. The summed E-state index contributed by atoms with van der Waals surface area (Å²) in [7, 11) is 0. The van der Waals surface area contributed by atoms with Crippen LogP contribution >= 0.6 is 11.6 Å². The lowest BCUT2D eigenvalue weighted by molar-refractivity contribution is 1.07. The summed E-state index contributed by atoms with van der Waals surface area (Å²) < 4.78 is 2.19. The second-order valence-electron chi connectivity index (χ2n) is 7.28. The molecule has 142 valence electrons. The minimum atomic E-state index is 0.246. The number of hydrogen-bond donors (Lipinski definition) is 0. The fourth-order valence-electron chi connectivity index (χ4n) is 4.21. The molecule has 0 spiro atoms. The summed E-state index contributed by atoms with van der Waals surface area (Å²) in [6.07, 6.45) is 0. The van der Waals surface area contributed by atoms with Crippen molar-refractivity contribution in [2.24, 2.45) is 0 Å². The molecule has 6 rings (SSSR count). The summed E-state index contributed by atoms with van der Waals surface area (Å²) in [5.41, 5.74) is 5.41. The lowest BCUT2D eigenvalue weighted by Crippen LogP contribution is -2.00. The Kier molecular flexibility index (Phi) is 3.83. The fourth-order valence-corrected chi connectivity index (χ4v) is 4.39. The van der Waals surface area contributed by atoms with Gasteiger partial charge in [0, 0.05) is 16.2 Å². The number of nitrogens with zero attached hydrogens (tertiary/aromatic N) is 3. The molecule has 2 aromatic heterocycles. The van der Waals surface area contributed by atoms with Gasteiger partial charge < -0.3 is 0 Å². The monoisotopic (exact) mass is 405 g/mol. The van der Waals surface area contributed by atoms with Gasteiger partial charge >= 0.3 is 0 Å². The van der Waals surface area contributed by atoms with Gasteiger partial charge in [0.05, 0.1) is 16.6 Å². The van der Waals surface area contributed by atoms with E-state index in [4.69, 9.17) is 11.6 Å². The van der Waals surface area contributed by atoms with Crippen LogP contribution in [0.3, 0.4) is 0 Å². The van der Waals surface area contributed by atoms with Gasteiger partial charge in [-0.05, 0) is 53.1 Å². The molecule has 0 saturated carbocycles. The first-order valence-electron chi connectivity index (χ1n) is 9.81. The van der Waals surface area contributed by atoms with E-state index in [2.05, 4.69) is 81.3 Å². The quantitative estimate of drug-likeness (QED) is 0.289. The minimum Gasteiger partial charge on any atom is -0.293 e. The first kappa shape index (κ1) is 17.2. The van der Waals surface area contributed by atoms with Crippen molar-refractivity contribution in [3.63, 3.8) is 0 Å². The van der Waals surface area contributed by atoms with E-state index >= 15 is 0 Å². The van der Waals surface area contributed by atoms with Crippen LogP contribution in [0.15, 0.2) is 97.1 Å². The van der Waals surface area contributed by atoms with Crippen molar-refractivity contribution in [3.8, 4) is 16.9 Å². The zero-order valence-electron chi connectivity index (χ0n) is 16.0. The van der Waals surface area contributed by atoms with Crippen molar-refractivity contribution >= 4 is 44.3 Å². The molecule has 0 fully saturated rings. The van der Waals surface area contributed by atoms with Crippen LogP contribution in [0.5, 0.6) is 0 Å². The van der Waals surface area contributed by atoms with Gasteiger partial charge in [0.25, 0.3) is 0 Å². The highest BCUT2D eigenvalue weighted by atomic mass is 35.5. The predicted octanol–water partition coefficient (Wildman–Crippen LogP) is 7.05. The second kappa shape index (κ2) is 6.68. The lowest BCUT2D eigenvalue weighted by atomic mass is 10.0. The largest absolute Gasteiger partial charge is 0.293 e. The van der Waals surface area contributed by atoms with Crippen LogP contribution in [0.1, 0.15) is 0 Å². The molecular weight excluding hydrogens is 390 g/mol. The highest BCUT2D eigenvalue weighted by Crippen LogP contribution is 2.36. The molecule has 0 saturated heterocycles. The standard InChI is InChI=1S/C26H16ClN3/c27-26-28-22-12-6-4-11-20(22)25(29-26)30-23-13-7-5-10-19(23)21-16-18(14-15-24(21)30)17-8-2-1-3-9-17/h1-16H. The highest BCUT2D eigenvalue weighted by molar-refractivity contribution is 6.28. The smallest absolute Gasteiger partial charge is 0.224 e. The van der Waals surface area contributed by atoms with Gasteiger partial charge in [-0.1, -0.05) is 66.7 Å². The van der Waals surface area contributed by atoms with E-state index in [0.717, 1.165) is 27.8 Å². The Labute approximate surface area is 178 Å². The molecule has 0 radical (unpaired) electrons. The van der Waals surface area contributed by atoms with Crippen LogP contribution in [-0.4, -0.2) is 14.5 Å². The maximum Gasteiger partial charge on any atom is 0.224 e. The summed E-state index contributed by atoms with van der Waals surface area (Å²) in [6.45, 7) is 0. The van der Waals surface area contributed by atoms with Gasteiger partial charge in [-0.2, -0.15) is 4.98 Å². The maximum atomic E-state index is 6.31. The molecule has 6 aromatic rings. The molecule has 0 N–H and O–H groups in total. The van der Waals surface area contributed by atoms with Crippen LogP contribution in [0.4, 0.5) is 0 Å². The second-order valence-corrected chi connectivity index (χ2v) is 7.62. The summed E-state index contributed by atoms with van der Waals surface area (Å²) >= 11 is 6.31. The summed E-state index contributed by atoms with van der Waals surface area (Å²) in [5, 5.41) is 3.59. The zero-order chi connectivity index (χ0) is 20.1. The molecule has 0 aliphatic rings. The fraction of sp³-hybridized carbons (Fsp3) is 0. The Hall–Kier alpha value is -3.69. The Morgan fingerprint density at radius 1 is 0.567 bits per heavy atom. The third kappa shape index (κ3) is 2.60. The number of benzene rings is 4. The number of hydrogen-bond acceptors (Lipinski definition) is 2. The molecule has 30 heavy (non-hydrogen) atoms. The van der Waals surface area contributed by atoms with E-state index in [9.17, 15) is 0 Å². The van der Waals surface area contributed by atoms with Gasteiger partial charge in [0.1, 0.15) is 0 Å². The summed E-state index contributed by atoms with van der Waals surface area (Å²) in [5.74, 6) is 0.796. The van der Waals surface area contributed by atoms with E-state index in [0.29, 0.717) is 0 Å². The van der Waals surface area contributed by atoms with Crippen molar-refractivity contribution in [2.45, 2.75) is 0 Å². The molecule has 0 amide bonds. The topological polar surface area (TPSA) is 30.7 Å². The molecule has 0 bridgehead atoms. The van der Waals surface area contributed by atoms with Crippen molar-refractivity contribution in [1.82, 2.24) is 14.5 Å². The van der Waals surface area contributed by atoms with Crippen LogP contribution in [0.2, 0.25) is 5.28 Å². The molecule has 0 aliphatic heterocycles. The van der Waals surface area contributed by atoms with E-state index in [-0.39, 0.29) is 5.28 Å². The van der Waals surface area contributed by atoms with Crippen LogP contribution in [0.25, 0.3) is 49.7 Å². The number of fused-ring (bicyclic) bond motifs is 4. The normalized spacial score (nSPS) is 11.5. The van der Waals surface area contributed by atoms with Crippen LogP contribution < -0.4 is 0 Å². The molecule has 0 atom stereocenters. The van der Waals surface area contributed by atoms with Crippen molar-refractivity contribution in [3.05, 3.63) is 102 Å². The summed E-state index contributed by atoms with van der Waals surface area (Å²) in [4.78, 5) is 9.04. The lowest BCUT2D eigenvalue weighted by Gasteiger charge is -2.10. The first-order valence-corrected chi connectivity index (χ1v) is 10.2. The summed E-state index contributed by atoms with van der Waals surface area (Å²) in [6, 6.07) is 33.4. The van der Waals surface area contributed by atoms with E-state index in [1.165, 1.54) is 21.9 Å². The third-order valence-corrected chi connectivity index (χ3v) is 5.72. The number of halogens is 1. The van der Waals surface area contributed by atoms with Crippen LogP contribution in [0, 0.1) is 0 Å². The van der Waals surface area contributed by atoms with E-state index in [1.54, 1.807) is 0 Å². The maximum absolute atomic E-state index is 6.31. The molecular formula is C26H16ClN3. The highest BCUT2D eigenvalue weighted by Gasteiger charge is 2.16. The third-order valence-electron chi connectivity index (χ3n) is 5.55. The number of rotatable bonds is 2. The van der Waals surface area contributed by atoms with Gasteiger partial charge in [0.2, 0.25) is 5.28 Å². The number of para-hydroxylation sites is 2. The minimum absolute atomic E-state index is 0.246. The zero-order valence-corrected chi connectivity index (χ0v) is 16.7. The van der Waals surface area contributed by atoms with E-state index in [1.807, 2.05) is 30.3 Å². The molecule has 0 unspecified atom stereocenters. The Bertz CT molecular complexity index is 1550. The average molecular weight is 406 g/mol. The van der Waals surface area contributed by atoms with Gasteiger partial charge in [-0.3, -0.25) is 4.57 Å². The van der Waals surface area contributed by atoms with Gasteiger partial charge in [0.15, 0.2) is 5.82 Å². The average Bonchev–Trinajstić information content (AvgIpc) is 3.13. The number of aromatic nitrogens is 3. The van der Waals surface area contributed by atoms with Gasteiger partial charge in [-0.15, -0.1) is 0 Å². The SMILES string of the molecule is Clc1nc(-n2c3ccccc3c3cc(-c4ccccc4)ccc32)c2ccccc2n1. The molecule has 4 heteroatoms. The van der Waals surface area contributed by atoms with Crippen molar-refractivity contribution in [2.75, 3.05) is 0 Å². The van der Waals surface area contributed by atoms with Crippen molar-refractivity contribution in [1.29, 1.82) is 0 Å². The molecule has 3 nitrogen and oxygen atoms in total. The molecule has 2 heterocycles. The van der Waals surface area contributed by atoms with Crippen molar-refractivity contribution < 1.29 is 0 Å². The van der Waals surface area contributed by atoms with Gasteiger partial charge in [-0.25, -0.2) is 4.98 Å². The molecule has 0 aliphatic carbocycles. The Morgan fingerprint density at radius 3 is 2.13 bits per heavy atom. The Morgan fingerprint density at radius 2 is 1.27 bits per heavy atom. The van der Waals surface area contributed by atoms with Crippen LogP contribution in [-0.2, 0) is 0 Å².